The lowest BCUT2D eigenvalue weighted by Crippen LogP contribution is -2.23. The van der Waals surface area contributed by atoms with Crippen molar-refractivity contribution in [3.8, 4) is 0 Å². The number of alkyl halides is 3. The minimum absolute atomic E-state index is 0.0252. The van der Waals surface area contributed by atoms with Gasteiger partial charge in [-0.15, -0.1) is 0 Å². The van der Waals surface area contributed by atoms with E-state index in [9.17, 15) is 26.4 Å². The molecule has 0 saturated heterocycles. The first-order valence-corrected chi connectivity index (χ1v) is 11.2. The molecule has 0 unspecified atom stereocenters. The maximum absolute atomic E-state index is 12.8. The molecule has 3 aromatic rings. The number of benzene rings is 3. The number of nitrogens with one attached hydrogen (secondary N) is 2. The molecule has 0 fully saturated rings. The van der Waals surface area contributed by atoms with E-state index >= 15 is 0 Å². The summed E-state index contributed by atoms with van der Waals surface area (Å²) in [7, 11) is -3.89. The Bertz CT molecular complexity index is 1240. The van der Waals surface area contributed by atoms with Gasteiger partial charge >= 0.3 is 6.18 Å². The topological polar surface area (TPSA) is 75.3 Å². The van der Waals surface area contributed by atoms with E-state index in [1.165, 1.54) is 42.5 Å². The van der Waals surface area contributed by atoms with Crippen molar-refractivity contribution in [1.82, 2.24) is 5.32 Å². The number of aryl methyl sites for hydroxylation is 1. The van der Waals surface area contributed by atoms with E-state index < -0.39 is 27.7 Å². The fourth-order valence-corrected chi connectivity index (χ4v) is 4.08. The summed E-state index contributed by atoms with van der Waals surface area (Å²) in [5.74, 6) is -0.663. The van der Waals surface area contributed by atoms with E-state index in [1.54, 1.807) is 12.1 Å². The Labute approximate surface area is 188 Å². The molecule has 10 heteroatoms. The molecule has 32 heavy (non-hydrogen) atoms. The highest BCUT2D eigenvalue weighted by Gasteiger charge is 2.30. The van der Waals surface area contributed by atoms with Crippen molar-refractivity contribution < 1.29 is 26.4 Å². The van der Waals surface area contributed by atoms with Gasteiger partial charge in [0.1, 0.15) is 0 Å². The third kappa shape index (κ3) is 5.80. The molecule has 0 saturated carbocycles. The zero-order valence-electron chi connectivity index (χ0n) is 16.7. The van der Waals surface area contributed by atoms with Crippen LogP contribution in [0.1, 0.15) is 27.0 Å². The summed E-state index contributed by atoms with van der Waals surface area (Å²) in [5.41, 5.74) is 0.410. The summed E-state index contributed by atoms with van der Waals surface area (Å²) in [6.07, 6.45) is -4.49. The Kier molecular flexibility index (Phi) is 6.80. The summed E-state index contributed by atoms with van der Waals surface area (Å²) in [5, 5.41) is 2.55. The van der Waals surface area contributed by atoms with Crippen LogP contribution in [0.3, 0.4) is 0 Å². The van der Waals surface area contributed by atoms with E-state index in [2.05, 4.69) is 10.0 Å². The minimum Gasteiger partial charge on any atom is -0.348 e. The SMILES string of the molecule is Cc1ccc(S(=O)(=O)Nc2ccc(Cl)c(C(=O)NCc3cccc(C(F)(F)F)c3)c2)cc1. The Morgan fingerprint density at radius 1 is 1.00 bits per heavy atom. The fourth-order valence-electron chi connectivity index (χ4n) is 2.83. The summed E-state index contributed by atoms with van der Waals surface area (Å²) in [6.45, 7) is 1.66. The molecule has 0 aliphatic rings. The van der Waals surface area contributed by atoms with Crippen molar-refractivity contribution in [2.45, 2.75) is 24.5 Å². The van der Waals surface area contributed by atoms with Crippen molar-refractivity contribution in [2.75, 3.05) is 4.72 Å². The lowest BCUT2D eigenvalue weighted by molar-refractivity contribution is -0.137. The molecule has 0 aliphatic heterocycles. The van der Waals surface area contributed by atoms with Gasteiger partial charge in [0.25, 0.3) is 15.9 Å². The predicted octanol–water partition coefficient (Wildman–Crippen LogP) is 5.40. The second-order valence-electron chi connectivity index (χ2n) is 6.99. The largest absolute Gasteiger partial charge is 0.416 e. The second-order valence-corrected chi connectivity index (χ2v) is 9.08. The molecular formula is C22H18ClF3N2O3S. The first kappa shape index (κ1) is 23.6. The third-order valence-electron chi connectivity index (χ3n) is 4.50. The molecule has 3 rings (SSSR count). The Morgan fingerprint density at radius 3 is 2.34 bits per heavy atom. The lowest BCUT2D eigenvalue weighted by atomic mass is 10.1. The summed E-state index contributed by atoms with van der Waals surface area (Å²) in [6, 6.07) is 14.8. The van der Waals surface area contributed by atoms with Crippen LogP contribution in [-0.2, 0) is 22.7 Å². The van der Waals surface area contributed by atoms with Gasteiger partial charge in [0.15, 0.2) is 0 Å². The molecule has 0 radical (unpaired) electrons. The molecule has 168 valence electrons. The highest BCUT2D eigenvalue weighted by Crippen LogP contribution is 2.29. The van der Waals surface area contributed by atoms with Crippen LogP contribution in [0.15, 0.2) is 71.6 Å². The van der Waals surface area contributed by atoms with E-state index in [1.807, 2.05) is 6.92 Å². The van der Waals surface area contributed by atoms with Gasteiger partial charge in [0.2, 0.25) is 0 Å². The Morgan fingerprint density at radius 2 is 1.69 bits per heavy atom. The Balaban J connectivity index is 1.75. The van der Waals surface area contributed by atoms with Crippen LogP contribution in [0.25, 0.3) is 0 Å². The molecule has 0 spiro atoms. The molecular weight excluding hydrogens is 465 g/mol. The second kappa shape index (κ2) is 9.22. The van der Waals surface area contributed by atoms with Crippen molar-refractivity contribution >= 4 is 33.2 Å². The number of halogens is 4. The molecule has 1 amide bonds. The normalized spacial score (nSPS) is 11.8. The van der Waals surface area contributed by atoms with Crippen LogP contribution < -0.4 is 10.0 Å². The highest BCUT2D eigenvalue weighted by atomic mass is 35.5. The summed E-state index contributed by atoms with van der Waals surface area (Å²) >= 11 is 6.08. The average Bonchev–Trinajstić information content (AvgIpc) is 2.73. The van der Waals surface area contributed by atoms with E-state index in [0.717, 1.165) is 17.7 Å². The third-order valence-corrected chi connectivity index (χ3v) is 6.23. The molecule has 0 heterocycles. The lowest BCUT2D eigenvalue weighted by Gasteiger charge is -2.12. The molecule has 3 aromatic carbocycles. The van der Waals surface area contributed by atoms with Crippen LogP contribution >= 0.6 is 11.6 Å². The van der Waals surface area contributed by atoms with Gasteiger partial charge in [-0.05, 0) is 55.0 Å². The van der Waals surface area contributed by atoms with Gasteiger partial charge in [-0.2, -0.15) is 13.2 Å². The first-order valence-electron chi connectivity index (χ1n) is 9.29. The van der Waals surface area contributed by atoms with Crippen LogP contribution in [0.2, 0.25) is 5.02 Å². The molecule has 2 N–H and O–H groups in total. The molecule has 0 atom stereocenters. The zero-order valence-corrected chi connectivity index (χ0v) is 18.3. The van der Waals surface area contributed by atoms with E-state index in [-0.39, 0.29) is 33.3 Å². The van der Waals surface area contributed by atoms with Gasteiger partial charge < -0.3 is 5.32 Å². The van der Waals surface area contributed by atoms with Gasteiger partial charge in [-0.25, -0.2) is 8.42 Å². The smallest absolute Gasteiger partial charge is 0.348 e. The number of sulfonamides is 1. The number of anilines is 1. The maximum Gasteiger partial charge on any atom is 0.416 e. The zero-order chi connectivity index (χ0) is 23.5. The standard InChI is InChI=1S/C22H18ClF3N2O3S/c1-14-5-8-18(9-6-14)32(30,31)28-17-7-10-20(23)19(12-17)21(29)27-13-15-3-2-4-16(11-15)22(24,25)26/h2-12,28H,13H2,1H3,(H,27,29). The van der Waals surface area contributed by atoms with Crippen molar-refractivity contribution in [2.24, 2.45) is 0 Å². The number of amides is 1. The molecule has 0 bridgehead atoms. The van der Waals surface area contributed by atoms with Crippen molar-refractivity contribution in [1.29, 1.82) is 0 Å². The molecule has 5 nitrogen and oxygen atoms in total. The van der Waals surface area contributed by atoms with E-state index in [4.69, 9.17) is 11.6 Å². The van der Waals surface area contributed by atoms with E-state index in [0.29, 0.717) is 0 Å². The summed E-state index contributed by atoms with van der Waals surface area (Å²) in [4.78, 5) is 12.6. The number of hydrogen-bond donors (Lipinski definition) is 2. The van der Waals surface area contributed by atoms with Gasteiger partial charge in [0.05, 0.1) is 21.0 Å². The average molecular weight is 483 g/mol. The van der Waals surface area contributed by atoms with Crippen LogP contribution in [0.5, 0.6) is 0 Å². The number of carbonyl (C=O) groups is 1. The fraction of sp³-hybridized carbons (Fsp3) is 0.136. The highest BCUT2D eigenvalue weighted by molar-refractivity contribution is 7.92. The molecule has 0 aliphatic carbocycles. The monoisotopic (exact) mass is 482 g/mol. The van der Waals surface area contributed by atoms with Gasteiger partial charge in [0, 0.05) is 12.2 Å². The number of hydrogen-bond acceptors (Lipinski definition) is 3. The van der Waals surface area contributed by atoms with Gasteiger partial charge in [-0.3, -0.25) is 9.52 Å². The number of carbonyl (C=O) groups excluding carboxylic acids is 1. The van der Waals surface area contributed by atoms with Crippen molar-refractivity contribution in [3.05, 3.63) is 94.0 Å². The van der Waals surface area contributed by atoms with Gasteiger partial charge in [-0.1, -0.05) is 41.4 Å². The number of rotatable bonds is 6. The van der Waals surface area contributed by atoms with Crippen LogP contribution in [0.4, 0.5) is 18.9 Å². The minimum atomic E-state index is -4.49. The molecule has 0 aromatic heterocycles. The summed E-state index contributed by atoms with van der Waals surface area (Å²) < 4.78 is 66.1. The quantitative estimate of drug-likeness (QED) is 0.494. The predicted molar refractivity (Wildman–Crippen MR) is 116 cm³/mol. The first-order chi connectivity index (χ1) is 15.0. The maximum atomic E-state index is 12.8. The van der Waals surface area contributed by atoms with Crippen LogP contribution in [0, 0.1) is 6.92 Å². The van der Waals surface area contributed by atoms with Crippen molar-refractivity contribution in [3.63, 3.8) is 0 Å². The van der Waals surface area contributed by atoms with Crippen LogP contribution in [-0.4, -0.2) is 14.3 Å². The Hall–Kier alpha value is -3.04.